The minimum absolute atomic E-state index is 0. The first-order chi connectivity index (χ1) is 9.26. The van der Waals surface area contributed by atoms with Crippen LogP contribution in [0, 0.1) is 0 Å². The van der Waals surface area contributed by atoms with Gasteiger partial charge in [0.25, 0.3) is 10.1 Å². The quantitative estimate of drug-likeness (QED) is 0.516. The average Bonchev–Trinajstić information content (AvgIpc) is 2.29. The van der Waals surface area contributed by atoms with Gasteiger partial charge in [0.15, 0.2) is 0 Å². The molecule has 0 saturated heterocycles. The average molecular weight is 326 g/mol. The first kappa shape index (κ1) is 19.9. The second-order valence-electron chi connectivity index (χ2n) is 3.81. The molecule has 112 valence electrons. The fourth-order valence-electron chi connectivity index (χ4n) is 1.23. The van der Waals surface area contributed by atoms with Gasteiger partial charge in [-0.05, 0) is 24.3 Å². The van der Waals surface area contributed by atoms with Gasteiger partial charge in [0.2, 0.25) is 5.91 Å². The van der Waals surface area contributed by atoms with Gasteiger partial charge >= 0.3 is 35.7 Å². The van der Waals surface area contributed by atoms with Gasteiger partial charge in [-0.15, -0.1) is 0 Å². The van der Waals surface area contributed by atoms with Crippen molar-refractivity contribution in [3.63, 3.8) is 0 Å². The van der Waals surface area contributed by atoms with E-state index in [2.05, 4.69) is 10.6 Å². The molecule has 0 aliphatic carbocycles. The number of hydrogen-bond donors (Lipinski definition) is 3. The second-order valence-corrected chi connectivity index (χ2v) is 5.38. The second kappa shape index (κ2) is 9.00. The van der Waals surface area contributed by atoms with Gasteiger partial charge in [-0.1, -0.05) is 0 Å². The Bertz CT molecular complexity index is 587. The Morgan fingerprint density at radius 3 is 2.29 bits per heavy atom. The van der Waals surface area contributed by atoms with Crippen molar-refractivity contribution in [1.82, 2.24) is 5.32 Å². The van der Waals surface area contributed by atoms with E-state index >= 15 is 0 Å². The summed E-state index contributed by atoms with van der Waals surface area (Å²) in [5.74, 6) is -0.589. The number of anilines is 1. The molecule has 0 aliphatic rings. The minimum atomic E-state index is -4.12. The van der Waals surface area contributed by atoms with Crippen LogP contribution in [-0.4, -0.2) is 66.8 Å². The summed E-state index contributed by atoms with van der Waals surface area (Å²) < 4.78 is 34.2. The van der Waals surface area contributed by atoms with E-state index < -0.39 is 22.0 Å². The molecule has 0 aliphatic heterocycles. The van der Waals surface area contributed by atoms with Crippen LogP contribution >= 0.6 is 0 Å². The molecule has 21 heavy (non-hydrogen) atoms. The number of ether oxygens (including phenoxy) is 1. The zero-order valence-electron chi connectivity index (χ0n) is 10.6. The van der Waals surface area contributed by atoms with E-state index in [1.165, 1.54) is 19.1 Å². The number of carbonyl (C=O) groups excluding carboxylic acids is 2. The molecule has 0 atom stereocenters. The summed E-state index contributed by atoms with van der Waals surface area (Å²) in [6.45, 7) is 1.11. The van der Waals surface area contributed by atoms with Crippen molar-refractivity contribution in [3.05, 3.63) is 24.3 Å². The van der Waals surface area contributed by atoms with E-state index in [0.29, 0.717) is 5.69 Å². The number of benzene rings is 1. The first-order valence-electron chi connectivity index (χ1n) is 5.55. The van der Waals surface area contributed by atoms with Crippen molar-refractivity contribution >= 4 is 57.4 Å². The predicted molar refractivity (Wildman–Crippen MR) is 78.3 cm³/mol. The molecular formula is C11H15N2NaO6S. The molecule has 0 fully saturated rings. The Kier molecular flexibility index (Phi) is 8.52. The zero-order chi connectivity index (χ0) is 15.2. The van der Waals surface area contributed by atoms with Gasteiger partial charge in [0.1, 0.15) is 5.75 Å². The Morgan fingerprint density at radius 1 is 1.24 bits per heavy atom. The summed E-state index contributed by atoms with van der Waals surface area (Å²) >= 11 is 0. The molecular weight excluding hydrogens is 311 g/mol. The van der Waals surface area contributed by atoms with Crippen LogP contribution in [0.4, 0.5) is 10.5 Å². The standard InChI is InChI=1S/C11H14N2O6S.Na.H/c1-8(14)13-9-2-4-10(5-3-9)19-11(15)12-6-7-20(16,17)18;;/h2-5H,6-7H2,1H3,(H,12,15)(H,13,14)(H,16,17,18);;. The molecule has 1 aromatic rings. The van der Waals surface area contributed by atoms with Gasteiger partial charge in [-0.3, -0.25) is 9.35 Å². The number of nitrogens with one attached hydrogen (secondary N) is 2. The molecule has 0 unspecified atom stereocenters. The first-order valence-corrected chi connectivity index (χ1v) is 7.16. The van der Waals surface area contributed by atoms with E-state index in [-0.39, 0.29) is 47.8 Å². The van der Waals surface area contributed by atoms with Crippen LogP contribution in [0.5, 0.6) is 5.75 Å². The molecule has 0 aromatic heterocycles. The summed E-state index contributed by atoms with van der Waals surface area (Å²) in [7, 11) is -4.12. The molecule has 1 rings (SSSR count). The van der Waals surface area contributed by atoms with Crippen LogP contribution < -0.4 is 15.4 Å². The van der Waals surface area contributed by atoms with Crippen molar-refractivity contribution in [3.8, 4) is 5.75 Å². The van der Waals surface area contributed by atoms with Crippen molar-refractivity contribution in [2.24, 2.45) is 0 Å². The van der Waals surface area contributed by atoms with Crippen LogP contribution in [0.1, 0.15) is 6.92 Å². The zero-order valence-corrected chi connectivity index (χ0v) is 11.4. The van der Waals surface area contributed by atoms with Gasteiger partial charge in [0.05, 0.1) is 5.75 Å². The normalized spacial score (nSPS) is 10.2. The molecule has 0 heterocycles. The fourth-order valence-corrected chi connectivity index (χ4v) is 1.59. The molecule has 0 bridgehead atoms. The molecule has 1 aromatic carbocycles. The molecule has 2 amide bonds. The number of carbonyl (C=O) groups is 2. The van der Waals surface area contributed by atoms with E-state index in [9.17, 15) is 18.0 Å². The van der Waals surface area contributed by atoms with Crippen molar-refractivity contribution in [1.29, 1.82) is 0 Å². The van der Waals surface area contributed by atoms with Crippen LogP contribution in [0.15, 0.2) is 24.3 Å². The SMILES string of the molecule is CC(=O)Nc1ccc(OC(=O)NCCS(=O)(=O)O)cc1.[NaH]. The maximum absolute atomic E-state index is 11.3. The molecule has 0 saturated carbocycles. The summed E-state index contributed by atoms with van der Waals surface area (Å²) in [4.78, 5) is 22.1. The van der Waals surface area contributed by atoms with Crippen LogP contribution in [0.3, 0.4) is 0 Å². The number of hydrogen-bond acceptors (Lipinski definition) is 5. The molecule has 8 nitrogen and oxygen atoms in total. The summed E-state index contributed by atoms with van der Waals surface area (Å²) in [5, 5.41) is 4.71. The Hall–Kier alpha value is -1.13. The number of rotatable bonds is 5. The fraction of sp³-hybridized carbons (Fsp3) is 0.273. The van der Waals surface area contributed by atoms with Gasteiger partial charge in [0, 0.05) is 19.2 Å². The summed E-state index contributed by atoms with van der Waals surface area (Å²) in [5.41, 5.74) is 0.552. The summed E-state index contributed by atoms with van der Waals surface area (Å²) in [6.07, 6.45) is -0.846. The van der Waals surface area contributed by atoms with E-state index in [0.717, 1.165) is 0 Å². The Balaban J connectivity index is 0.00000400. The third-order valence-electron chi connectivity index (χ3n) is 2.01. The number of amides is 2. The van der Waals surface area contributed by atoms with E-state index in [4.69, 9.17) is 9.29 Å². The predicted octanol–water partition coefficient (Wildman–Crippen LogP) is -0.0273. The maximum atomic E-state index is 11.3. The molecule has 10 heteroatoms. The third kappa shape index (κ3) is 9.43. The van der Waals surface area contributed by atoms with Crippen LogP contribution in [0.2, 0.25) is 0 Å². The topological polar surface area (TPSA) is 122 Å². The van der Waals surface area contributed by atoms with Gasteiger partial charge < -0.3 is 15.4 Å². The van der Waals surface area contributed by atoms with Crippen molar-refractivity contribution in [2.45, 2.75) is 6.92 Å². The van der Waals surface area contributed by atoms with Gasteiger partial charge in [-0.2, -0.15) is 8.42 Å². The monoisotopic (exact) mass is 326 g/mol. The van der Waals surface area contributed by atoms with Gasteiger partial charge in [-0.25, -0.2) is 4.79 Å². The van der Waals surface area contributed by atoms with E-state index in [1.807, 2.05) is 0 Å². The van der Waals surface area contributed by atoms with Crippen molar-refractivity contribution in [2.75, 3.05) is 17.6 Å². The van der Waals surface area contributed by atoms with Crippen LogP contribution in [0.25, 0.3) is 0 Å². The molecule has 3 N–H and O–H groups in total. The van der Waals surface area contributed by atoms with Crippen LogP contribution in [-0.2, 0) is 14.9 Å². The summed E-state index contributed by atoms with van der Waals surface area (Å²) in [6, 6.07) is 6.02. The van der Waals surface area contributed by atoms with E-state index in [1.54, 1.807) is 12.1 Å². The Labute approximate surface area is 144 Å². The third-order valence-corrected chi connectivity index (χ3v) is 2.73. The molecule has 0 spiro atoms. The van der Waals surface area contributed by atoms with Crippen molar-refractivity contribution < 1.29 is 27.3 Å². The molecule has 0 radical (unpaired) electrons. The Morgan fingerprint density at radius 2 is 1.81 bits per heavy atom.